The number of para-hydroxylation sites is 1. The van der Waals surface area contributed by atoms with Gasteiger partial charge in [0.15, 0.2) is 0 Å². The highest BCUT2D eigenvalue weighted by atomic mass is 32.2. The van der Waals surface area contributed by atoms with Gasteiger partial charge in [-0.2, -0.15) is 0 Å². The van der Waals surface area contributed by atoms with Crippen molar-refractivity contribution >= 4 is 16.5 Å². The molecule has 1 atom stereocenters. The molecule has 1 N–H and O–H groups in total. The minimum absolute atomic E-state index is 0.161. The summed E-state index contributed by atoms with van der Waals surface area (Å²) in [5.74, 6) is 0.608. The third-order valence-corrected chi connectivity index (χ3v) is 3.10. The molecule has 1 rings (SSSR count). The largest absolute Gasteiger partial charge is 0.315 e. The van der Waals surface area contributed by atoms with Gasteiger partial charge in [-0.25, -0.2) is 0 Å². The predicted molar refractivity (Wildman–Crippen MR) is 68.6 cm³/mol. The fraction of sp³-hybridized carbons (Fsp3) is 0.455. The zero-order chi connectivity index (χ0) is 12.7. The van der Waals surface area contributed by atoms with Gasteiger partial charge in [0.25, 0.3) is 5.69 Å². The molecule has 1 aromatic carbocycles. The van der Waals surface area contributed by atoms with E-state index in [1.54, 1.807) is 24.5 Å². The second-order valence-corrected chi connectivity index (χ2v) is 5.22. The van der Waals surface area contributed by atoms with Gasteiger partial charge in [0.05, 0.1) is 4.92 Å². The standard InChI is InChI=1S/C11H16N2O3S/c1-17(16)9-8-12-7-6-10-4-2-3-5-11(10)13(14)15/h2-5,12H,6-9H2,1H3. The van der Waals surface area contributed by atoms with E-state index >= 15 is 0 Å². The third-order valence-electron chi connectivity index (χ3n) is 2.33. The molecule has 1 unspecified atom stereocenters. The quantitative estimate of drug-likeness (QED) is 0.450. The van der Waals surface area contributed by atoms with E-state index in [0.29, 0.717) is 25.3 Å². The second-order valence-electron chi connectivity index (χ2n) is 3.66. The van der Waals surface area contributed by atoms with E-state index in [1.165, 1.54) is 6.07 Å². The number of rotatable bonds is 7. The molecule has 0 saturated heterocycles. The molecule has 0 heterocycles. The van der Waals surface area contributed by atoms with Crippen LogP contribution in [0.3, 0.4) is 0 Å². The first-order valence-electron chi connectivity index (χ1n) is 5.34. The summed E-state index contributed by atoms with van der Waals surface area (Å²) in [5, 5.41) is 13.9. The average Bonchev–Trinajstić information content (AvgIpc) is 2.28. The number of nitro benzene ring substituents is 1. The Morgan fingerprint density at radius 3 is 2.71 bits per heavy atom. The van der Waals surface area contributed by atoms with Gasteiger partial charge in [0.2, 0.25) is 0 Å². The molecule has 0 aliphatic carbocycles. The molecular weight excluding hydrogens is 240 g/mol. The maximum atomic E-state index is 10.8. The molecule has 0 saturated carbocycles. The first-order chi connectivity index (χ1) is 8.11. The van der Waals surface area contributed by atoms with Crippen LogP contribution in [0, 0.1) is 10.1 Å². The van der Waals surface area contributed by atoms with E-state index < -0.39 is 10.8 Å². The Kier molecular flexibility index (Phi) is 5.79. The van der Waals surface area contributed by atoms with E-state index in [9.17, 15) is 14.3 Å². The molecule has 94 valence electrons. The van der Waals surface area contributed by atoms with Gasteiger partial charge in [-0.15, -0.1) is 0 Å². The minimum Gasteiger partial charge on any atom is -0.315 e. The fourth-order valence-corrected chi connectivity index (χ4v) is 1.90. The average molecular weight is 256 g/mol. The lowest BCUT2D eigenvalue weighted by Gasteiger charge is -2.04. The first kappa shape index (κ1) is 13.8. The van der Waals surface area contributed by atoms with Gasteiger partial charge >= 0.3 is 0 Å². The number of nitrogens with zero attached hydrogens (tertiary/aromatic N) is 1. The number of hydrogen-bond acceptors (Lipinski definition) is 4. The molecule has 1 aromatic rings. The Hall–Kier alpha value is -1.27. The van der Waals surface area contributed by atoms with E-state index in [2.05, 4.69) is 5.32 Å². The Bertz CT molecular complexity index is 409. The van der Waals surface area contributed by atoms with Gasteiger partial charge in [-0.05, 0) is 13.0 Å². The topological polar surface area (TPSA) is 72.2 Å². The van der Waals surface area contributed by atoms with Crippen LogP contribution in [0.15, 0.2) is 24.3 Å². The Labute approximate surface area is 103 Å². The third kappa shape index (κ3) is 5.06. The van der Waals surface area contributed by atoms with Crippen LogP contribution in [-0.2, 0) is 17.2 Å². The second kappa shape index (κ2) is 7.13. The lowest BCUT2D eigenvalue weighted by molar-refractivity contribution is -0.385. The van der Waals surface area contributed by atoms with Crippen LogP contribution in [-0.4, -0.2) is 34.2 Å². The molecular formula is C11H16N2O3S. The van der Waals surface area contributed by atoms with Crippen molar-refractivity contribution in [1.82, 2.24) is 5.32 Å². The summed E-state index contributed by atoms with van der Waals surface area (Å²) in [5.41, 5.74) is 0.885. The lowest BCUT2D eigenvalue weighted by Crippen LogP contribution is -2.22. The maximum Gasteiger partial charge on any atom is 0.272 e. The van der Waals surface area contributed by atoms with E-state index in [-0.39, 0.29) is 10.6 Å². The highest BCUT2D eigenvalue weighted by Gasteiger charge is 2.10. The SMILES string of the molecule is CS(=O)CCNCCc1ccccc1[N+](=O)[O-]. The fourth-order valence-electron chi connectivity index (χ4n) is 1.46. The Balaban J connectivity index is 2.41. The van der Waals surface area contributed by atoms with Crippen molar-refractivity contribution < 1.29 is 9.13 Å². The van der Waals surface area contributed by atoms with Gasteiger partial charge in [-0.1, -0.05) is 18.2 Å². The van der Waals surface area contributed by atoms with Crippen LogP contribution in [0.25, 0.3) is 0 Å². The maximum absolute atomic E-state index is 10.8. The minimum atomic E-state index is -0.796. The van der Waals surface area contributed by atoms with Crippen LogP contribution in [0.5, 0.6) is 0 Å². The van der Waals surface area contributed by atoms with E-state index in [4.69, 9.17) is 0 Å². The summed E-state index contributed by atoms with van der Waals surface area (Å²) in [6, 6.07) is 6.73. The molecule has 0 amide bonds. The number of benzene rings is 1. The first-order valence-corrected chi connectivity index (χ1v) is 7.07. The summed E-state index contributed by atoms with van der Waals surface area (Å²) < 4.78 is 10.8. The van der Waals surface area contributed by atoms with Crippen LogP contribution >= 0.6 is 0 Å². The Morgan fingerprint density at radius 2 is 2.06 bits per heavy atom. The van der Waals surface area contributed by atoms with Crippen LogP contribution < -0.4 is 5.32 Å². The van der Waals surface area contributed by atoms with Gasteiger partial charge in [0, 0.05) is 41.0 Å². The molecule has 6 heteroatoms. The van der Waals surface area contributed by atoms with Crippen molar-refractivity contribution in [1.29, 1.82) is 0 Å². The summed E-state index contributed by atoms with van der Waals surface area (Å²) in [7, 11) is -0.796. The normalized spacial score (nSPS) is 12.3. The summed E-state index contributed by atoms with van der Waals surface area (Å²) in [4.78, 5) is 10.4. The van der Waals surface area contributed by atoms with E-state index in [0.717, 1.165) is 5.56 Å². The highest BCUT2D eigenvalue weighted by Crippen LogP contribution is 2.17. The molecule has 0 bridgehead atoms. The highest BCUT2D eigenvalue weighted by molar-refractivity contribution is 7.84. The van der Waals surface area contributed by atoms with Gasteiger partial charge in [-0.3, -0.25) is 14.3 Å². The molecule has 0 fully saturated rings. The zero-order valence-electron chi connectivity index (χ0n) is 9.72. The summed E-state index contributed by atoms with van der Waals surface area (Å²) in [6.07, 6.45) is 2.26. The van der Waals surface area contributed by atoms with Gasteiger partial charge < -0.3 is 5.32 Å². The van der Waals surface area contributed by atoms with Crippen molar-refractivity contribution in [2.75, 3.05) is 25.1 Å². The van der Waals surface area contributed by atoms with Crippen molar-refractivity contribution in [2.45, 2.75) is 6.42 Å². The van der Waals surface area contributed by atoms with Gasteiger partial charge in [0.1, 0.15) is 0 Å². The monoisotopic (exact) mass is 256 g/mol. The molecule has 17 heavy (non-hydrogen) atoms. The zero-order valence-corrected chi connectivity index (χ0v) is 10.5. The van der Waals surface area contributed by atoms with Crippen molar-refractivity contribution in [2.24, 2.45) is 0 Å². The van der Waals surface area contributed by atoms with E-state index in [1.807, 2.05) is 0 Å². The van der Waals surface area contributed by atoms with Crippen molar-refractivity contribution in [3.8, 4) is 0 Å². The molecule has 0 aliphatic heterocycles. The summed E-state index contributed by atoms with van der Waals surface area (Å²) >= 11 is 0. The predicted octanol–water partition coefficient (Wildman–Crippen LogP) is 1.11. The number of hydrogen-bond donors (Lipinski definition) is 1. The Morgan fingerprint density at radius 1 is 1.35 bits per heavy atom. The molecule has 0 radical (unpaired) electrons. The molecule has 5 nitrogen and oxygen atoms in total. The molecule has 0 aromatic heterocycles. The smallest absolute Gasteiger partial charge is 0.272 e. The number of nitro groups is 1. The molecule has 0 aliphatic rings. The van der Waals surface area contributed by atoms with Crippen molar-refractivity contribution in [3.05, 3.63) is 39.9 Å². The molecule has 0 spiro atoms. The number of nitrogens with one attached hydrogen (secondary N) is 1. The lowest BCUT2D eigenvalue weighted by atomic mass is 10.1. The van der Waals surface area contributed by atoms with Crippen molar-refractivity contribution in [3.63, 3.8) is 0 Å². The van der Waals surface area contributed by atoms with Crippen LogP contribution in [0.1, 0.15) is 5.56 Å². The summed E-state index contributed by atoms with van der Waals surface area (Å²) in [6.45, 7) is 1.33. The van der Waals surface area contributed by atoms with Crippen LogP contribution in [0.2, 0.25) is 0 Å². The van der Waals surface area contributed by atoms with Crippen LogP contribution in [0.4, 0.5) is 5.69 Å².